The minimum absolute atomic E-state index is 0. The van der Waals surface area contributed by atoms with Gasteiger partial charge in [-0.25, -0.2) is 0 Å². The molecule has 158 valence electrons. The van der Waals surface area contributed by atoms with Crippen molar-refractivity contribution >= 4 is 41.5 Å². The lowest BCUT2D eigenvalue weighted by atomic mass is 10.1. The molecule has 2 rings (SSSR count). The summed E-state index contributed by atoms with van der Waals surface area (Å²) in [5.74, 6) is 1.18. The predicted octanol–water partition coefficient (Wildman–Crippen LogP) is 4.59. The number of nitrogens with one attached hydrogen (secondary N) is 3. The Balaban J connectivity index is 0.00000420. The number of hydrogen-bond acceptors (Lipinski definition) is 2. The van der Waals surface area contributed by atoms with E-state index >= 15 is 0 Å². The Hall–Kier alpha value is -2.09. The molecule has 29 heavy (non-hydrogen) atoms. The second-order valence-electron chi connectivity index (χ2n) is 7.29. The Morgan fingerprint density at radius 3 is 2.41 bits per heavy atom. The number of guanidine groups is 1. The highest BCUT2D eigenvalue weighted by atomic mass is 127. The minimum atomic E-state index is 0. The van der Waals surface area contributed by atoms with Crippen molar-refractivity contribution in [3.8, 4) is 0 Å². The summed E-state index contributed by atoms with van der Waals surface area (Å²) in [6, 6.07) is 18.4. The molecule has 0 aliphatic heterocycles. The van der Waals surface area contributed by atoms with Crippen LogP contribution in [-0.2, 0) is 17.8 Å². The number of aryl methyl sites for hydroxylation is 1. The van der Waals surface area contributed by atoms with Crippen LogP contribution >= 0.6 is 24.0 Å². The third-order valence-electron chi connectivity index (χ3n) is 4.27. The fraction of sp³-hybridized carbons (Fsp3) is 0.391. The van der Waals surface area contributed by atoms with Crippen molar-refractivity contribution in [2.75, 3.05) is 18.9 Å². The quantitative estimate of drug-likeness (QED) is 0.201. The Kier molecular flexibility index (Phi) is 12.0. The largest absolute Gasteiger partial charge is 0.356 e. The van der Waals surface area contributed by atoms with E-state index < -0.39 is 0 Å². The molecule has 0 spiro atoms. The predicted molar refractivity (Wildman–Crippen MR) is 133 cm³/mol. The summed E-state index contributed by atoms with van der Waals surface area (Å²) in [4.78, 5) is 16.2. The van der Waals surface area contributed by atoms with Crippen molar-refractivity contribution < 1.29 is 4.79 Å². The van der Waals surface area contributed by atoms with Crippen molar-refractivity contribution in [1.82, 2.24) is 10.6 Å². The fourth-order valence-electron chi connectivity index (χ4n) is 2.89. The molecule has 0 radical (unpaired) electrons. The highest BCUT2D eigenvalue weighted by Crippen LogP contribution is 2.12. The van der Waals surface area contributed by atoms with Gasteiger partial charge in [0.2, 0.25) is 5.91 Å². The van der Waals surface area contributed by atoms with Gasteiger partial charge in [0.15, 0.2) is 5.96 Å². The molecular formula is C23H33IN4O. The maximum atomic E-state index is 11.9. The third-order valence-corrected chi connectivity index (χ3v) is 4.27. The van der Waals surface area contributed by atoms with E-state index in [1.54, 1.807) is 7.05 Å². The Morgan fingerprint density at radius 1 is 1.00 bits per heavy atom. The molecule has 0 fully saturated rings. The number of halogens is 1. The van der Waals surface area contributed by atoms with Crippen molar-refractivity contribution in [2.24, 2.45) is 10.9 Å². The maximum Gasteiger partial charge on any atom is 0.224 e. The first-order valence-corrected chi connectivity index (χ1v) is 9.94. The van der Waals surface area contributed by atoms with Crippen LogP contribution in [0.15, 0.2) is 59.6 Å². The molecular weight excluding hydrogens is 475 g/mol. The lowest BCUT2D eigenvalue weighted by Crippen LogP contribution is -2.37. The van der Waals surface area contributed by atoms with Gasteiger partial charge in [-0.2, -0.15) is 0 Å². The zero-order valence-corrected chi connectivity index (χ0v) is 19.9. The lowest BCUT2D eigenvalue weighted by Gasteiger charge is -2.13. The normalized spacial score (nSPS) is 11.0. The first-order valence-electron chi connectivity index (χ1n) is 9.94. The molecule has 0 saturated heterocycles. The average molecular weight is 508 g/mol. The number of nitrogens with zero attached hydrogens (tertiary/aromatic N) is 1. The molecule has 0 aromatic heterocycles. The molecule has 0 atom stereocenters. The van der Waals surface area contributed by atoms with E-state index in [9.17, 15) is 4.79 Å². The molecule has 3 N–H and O–H groups in total. The van der Waals surface area contributed by atoms with E-state index in [1.807, 2.05) is 44.2 Å². The van der Waals surface area contributed by atoms with Gasteiger partial charge in [-0.15, -0.1) is 24.0 Å². The van der Waals surface area contributed by atoms with Crippen LogP contribution in [-0.4, -0.2) is 25.5 Å². The van der Waals surface area contributed by atoms with Gasteiger partial charge in [-0.05, 0) is 42.0 Å². The van der Waals surface area contributed by atoms with Crippen molar-refractivity contribution in [2.45, 2.75) is 39.7 Å². The summed E-state index contributed by atoms with van der Waals surface area (Å²) in [7, 11) is 1.77. The molecule has 2 aromatic rings. The number of anilines is 1. The molecule has 0 heterocycles. The number of carbonyl (C=O) groups is 1. The van der Waals surface area contributed by atoms with E-state index in [-0.39, 0.29) is 29.9 Å². The smallest absolute Gasteiger partial charge is 0.224 e. The van der Waals surface area contributed by atoms with E-state index in [4.69, 9.17) is 0 Å². The molecule has 0 saturated carbocycles. The summed E-state index contributed by atoms with van der Waals surface area (Å²) in [6.07, 6.45) is 2.62. The van der Waals surface area contributed by atoms with Crippen molar-refractivity contribution in [3.05, 3.63) is 65.7 Å². The van der Waals surface area contributed by atoms with Crippen LogP contribution in [0.5, 0.6) is 0 Å². The number of aliphatic imine (C=N–C) groups is 1. The van der Waals surface area contributed by atoms with Crippen LogP contribution in [0.4, 0.5) is 5.69 Å². The van der Waals surface area contributed by atoms with Crippen molar-refractivity contribution in [3.63, 3.8) is 0 Å². The lowest BCUT2D eigenvalue weighted by molar-refractivity contribution is -0.116. The molecule has 0 aliphatic carbocycles. The van der Waals surface area contributed by atoms with Gasteiger partial charge in [0, 0.05) is 32.2 Å². The summed E-state index contributed by atoms with van der Waals surface area (Å²) in [6.45, 7) is 5.59. The summed E-state index contributed by atoms with van der Waals surface area (Å²) in [5, 5.41) is 9.63. The fourth-order valence-corrected chi connectivity index (χ4v) is 2.89. The second kappa shape index (κ2) is 14.0. The number of benzene rings is 2. The standard InChI is InChI=1S/C23H32N4O.HI/c1-18(2)15-22(28)27-21-13-7-11-20(16-21)17-26-23(24-3)25-14-8-12-19-9-5-4-6-10-19;/h4-7,9-11,13,16,18H,8,12,14-15,17H2,1-3H3,(H,27,28)(H2,24,25,26);1H. The van der Waals surface area contributed by atoms with Crippen LogP contribution < -0.4 is 16.0 Å². The maximum absolute atomic E-state index is 11.9. The third kappa shape index (κ3) is 10.3. The van der Waals surface area contributed by atoms with Gasteiger partial charge in [-0.3, -0.25) is 9.79 Å². The van der Waals surface area contributed by atoms with Crippen LogP contribution in [0.1, 0.15) is 37.8 Å². The average Bonchev–Trinajstić information content (AvgIpc) is 2.68. The van der Waals surface area contributed by atoms with E-state index in [0.717, 1.165) is 36.6 Å². The van der Waals surface area contributed by atoms with Gasteiger partial charge < -0.3 is 16.0 Å². The summed E-state index contributed by atoms with van der Waals surface area (Å²) < 4.78 is 0. The molecule has 0 aliphatic rings. The SMILES string of the molecule is CN=C(NCCCc1ccccc1)NCc1cccc(NC(=O)CC(C)C)c1.I. The second-order valence-corrected chi connectivity index (χ2v) is 7.29. The number of amides is 1. The molecule has 5 nitrogen and oxygen atoms in total. The van der Waals surface area contributed by atoms with Crippen LogP contribution in [0.2, 0.25) is 0 Å². The molecule has 6 heteroatoms. The zero-order valence-electron chi connectivity index (χ0n) is 17.6. The van der Waals surface area contributed by atoms with Crippen LogP contribution in [0.25, 0.3) is 0 Å². The molecule has 2 aromatic carbocycles. The van der Waals surface area contributed by atoms with Gasteiger partial charge in [0.1, 0.15) is 0 Å². The topological polar surface area (TPSA) is 65.5 Å². The summed E-state index contributed by atoms with van der Waals surface area (Å²) in [5.41, 5.74) is 3.27. The highest BCUT2D eigenvalue weighted by molar-refractivity contribution is 14.0. The van der Waals surface area contributed by atoms with E-state index in [0.29, 0.717) is 18.9 Å². The number of hydrogen-bond donors (Lipinski definition) is 3. The van der Waals surface area contributed by atoms with E-state index in [1.165, 1.54) is 5.56 Å². The van der Waals surface area contributed by atoms with Crippen molar-refractivity contribution in [1.29, 1.82) is 0 Å². The Morgan fingerprint density at radius 2 is 1.72 bits per heavy atom. The minimum Gasteiger partial charge on any atom is -0.356 e. The Bertz CT molecular complexity index is 762. The Labute approximate surface area is 191 Å². The molecule has 1 amide bonds. The van der Waals surface area contributed by atoms with Gasteiger partial charge in [0.25, 0.3) is 0 Å². The van der Waals surface area contributed by atoms with Gasteiger partial charge >= 0.3 is 0 Å². The number of carbonyl (C=O) groups excluding carboxylic acids is 1. The van der Waals surface area contributed by atoms with Gasteiger partial charge in [0.05, 0.1) is 0 Å². The summed E-state index contributed by atoms with van der Waals surface area (Å²) >= 11 is 0. The van der Waals surface area contributed by atoms with Gasteiger partial charge in [-0.1, -0.05) is 56.3 Å². The van der Waals surface area contributed by atoms with Crippen LogP contribution in [0.3, 0.4) is 0 Å². The van der Waals surface area contributed by atoms with E-state index in [2.05, 4.69) is 45.2 Å². The van der Waals surface area contributed by atoms with Crippen LogP contribution in [0, 0.1) is 5.92 Å². The first kappa shape index (κ1) is 24.9. The monoisotopic (exact) mass is 508 g/mol. The zero-order chi connectivity index (χ0) is 20.2. The number of rotatable bonds is 9. The first-order chi connectivity index (χ1) is 13.6. The molecule has 0 bridgehead atoms. The molecule has 0 unspecified atom stereocenters. The highest BCUT2D eigenvalue weighted by Gasteiger charge is 2.06.